The summed E-state index contributed by atoms with van der Waals surface area (Å²) in [5.74, 6) is 0.237. The second-order valence-electron chi connectivity index (χ2n) is 4.87. The topological polar surface area (TPSA) is 18.1 Å². The number of hydrogen-bond donors (Lipinski definition) is 0. The minimum absolute atomic E-state index is 0.294. The molecule has 0 saturated heterocycles. The molecule has 0 radical (unpaired) electrons. The molecule has 102 valence electrons. The fourth-order valence-corrected chi connectivity index (χ4v) is 2.55. The lowest BCUT2D eigenvalue weighted by Gasteiger charge is -2.07. The van der Waals surface area contributed by atoms with Crippen LogP contribution in [0.1, 0.15) is 0 Å². The zero-order valence-electron chi connectivity index (χ0n) is 11.2. The molecular formula is C18H12FNO. The van der Waals surface area contributed by atoms with Gasteiger partial charge < -0.3 is 8.98 Å². The van der Waals surface area contributed by atoms with Crippen LogP contribution in [-0.4, -0.2) is 4.57 Å². The van der Waals surface area contributed by atoms with E-state index < -0.39 is 0 Å². The third-order valence-corrected chi connectivity index (χ3v) is 3.53. The Bertz CT molecular complexity index is 872. The Morgan fingerprint density at radius 3 is 2.43 bits per heavy atom. The Labute approximate surface area is 121 Å². The first-order chi connectivity index (χ1) is 10.3. The molecule has 0 fully saturated rings. The number of para-hydroxylation sites is 2. The van der Waals surface area contributed by atoms with E-state index in [9.17, 15) is 4.39 Å². The van der Waals surface area contributed by atoms with E-state index in [1.54, 1.807) is 10.8 Å². The highest BCUT2D eigenvalue weighted by Gasteiger charge is 2.16. The van der Waals surface area contributed by atoms with Crippen molar-refractivity contribution in [3.63, 3.8) is 0 Å². The highest BCUT2D eigenvalue weighted by molar-refractivity contribution is 5.82. The van der Waals surface area contributed by atoms with Crippen molar-refractivity contribution in [2.45, 2.75) is 0 Å². The number of aromatic nitrogens is 1. The molecule has 0 spiro atoms. The molecule has 0 aliphatic rings. The van der Waals surface area contributed by atoms with Gasteiger partial charge in [-0.25, -0.2) is 4.39 Å². The summed E-state index contributed by atoms with van der Waals surface area (Å²) in [6, 6.07) is 20.7. The number of fused-ring (bicyclic) bond motifs is 1. The Hall–Kier alpha value is -2.81. The molecule has 4 aromatic rings. The highest BCUT2D eigenvalue weighted by atomic mass is 19.1. The van der Waals surface area contributed by atoms with Gasteiger partial charge in [0.05, 0.1) is 0 Å². The van der Waals surface area contributed by atoms with Gasteiger partial charge in [-0.05, 0) is 30.3 Å². The maximum atomic E-state index is 14.2. The molecule has 2 aromatic carbocycles. The maximum absolute atomic E-state index is 14.2. The van der Waals surface area contributed by atoms with Gasteiger partial charge >= 0.3 is 0 Å². The van der Waals surface area contributed by atoms with Crippen molar-refractivity contribution < 1.29 is 8.81 Å². The zero-order valence-corrected chi connectivity index (χ0v) is 11.2. The van der Waals surface area contributed by atoms with Crippen LogP contribution in [0.4, 0.5) is 4.39 Å². The molecular weight excluding hydrogens is 265 g/mol. The van der Waals surface area contributed by atoms with E-state index >= 15 is 0 Å². The molecule has 3 heteroatoms. The number of nitrogens with zero attached hydrogens (tertiary/aromatic N) is 1. The lowest BCUT2D eigenvalue weighted by atomic mass is 10.2. The summed E-state index contributed by atoms with van der Waals surface area (Å²) in [4.78, 5) is 0. The van der Waals surface area contributed by atoms with Gasteiger partial charge in [-0.15, -0.1) is 0 Å². The van der Waals surface area contributed by atoms with Crippen molar-refractivity contribution in [1.29, 1.82) is 0 Å². The summed E-state index contributed by atoms with van der Waals surface area (Å²) < 4.78 is 21.8. The molecule has 0 unspecified atom stereocenters. The Morgan fingerprint density at radius 2 is 1.62 bits per heavy atom. The van der Waals surface area contributed by atoms with Crippen LogP contribution in [0.2, 0.25) is 0 Å². The molecule has 0 saturated carbocycles. The summed E-state index contributed by atoms with van der Waals surface area (Å²) in [5.41, 5.74) is 2.10. The van der Waals surface area contributed by atoms with Crippen LogP contribution in [0.25, 0.3) is 28.1 Å². The lowest BCUT2D eigenvalue weighted by molar-refractivity contribution is 0.597. The van der Waals surface area contributed by atoms with Gasteiger partial charge in [-0.3, -0.25) is 0 Å². The van der Waals surface area contributed by atoms with Gasteiger partial charge in [0.15, 0.2) is 11.6 Å². The number of hydrogen-bond acceptors (Lipinski definition) is 1. The molecule has 0 atom stereocenters. The highest BCUT2D eigenvalue weighted by Crippen LogP contribution is 2.31. The largest absolute Gasteiger partial charge is 0.454 e. The second-order valence-corrected chi connectivity index (χ2v) is 4.87. The van der Waals surface area contributed by atoms with Gasteiger partial charge in [0.25, 0.3) is 0 Å². The first-order valence-corrected chi connectivity index (χ1v) is 6.74. The second kappa shape index (κ2) is 4.63. The first-order valence-electron chi connectivity index (χ1n) is 6.74. The Morgan fingerprint density at radius 1 is 0.857 bits per heavy atom. The van der Waals surface area contributed by atoms with Gasteiger partial charge in [-0.2, -0.15) is 0 Å². The van der Waals surface area contributed by atoms with Gasteiger partial charge in [-0.1, -0.05) is 36.4 Å². The third kappa shape index (κ3) is 1.94. The zero-order chi connectivity index (χ0) is 14.2. The lowest BCUT2D eigenvalue weighted by Crippen LogP contribution is -1.95. The van der Waals surface area contributed by atoms with E-state index in [0.29, 0.717) is 11.5 Å². The van der Waals surface area contributed by atoms with Crippen LogP contribution in [0.3, 0.4) is 0 Å². The smallest absolute Gasteiger partial charge is 0.155 e. The first kappa shape index (κ1) is 12.0. The van der Waals surface area contributed by atoms with Crippen molar-refractivity contribution in [2.24, 2.45) is 0 Å². The van der Waals surface area contributed by atoms with Gasteiger partial charge in [0.1, 0.15) is 11.3 Å². The van der Waals surface area contributed by atoms with Crippen molar-refractivity contribution in [3.05, 3.63) is 78.7 Å². The van der Waals surface area contributed by atoms with Crippen LogP contribution in [-0.2, 0) is 0 Å². The molecule has 0 aliphatic carbocycles. The molecule has 0 aliphatic heterocycles. The summed E-state index contributed by atoms with van der Waals surface area (Å²) in [6.07, 6.45) is 1.72. The van der Waals surface area contributed by atoms with E-state index in [0.717, 1.165) is 16.7 Å². The molecule has 2 nitrogen and oxygen atoms in total. The molecule has 2 heterocycles. The minimum Gasteiger partial charge on any atom is -0.454 e. The van der Waals surface area contributed by atoms with E-state index in [2.05, 4.69) is 0 Å². The number of benzene rings is 2. The van der Waals surface area contributed by atoms with E-state index in [1.807, 2.05) is 60.7 Å². The Kier molecular flexibility index (Phi) is 2.64. The van der Waals surface area contributed by atoms with E-state index in [-0.39, 0.29) is 5.82 Å². The molecule has 0 N–H and O–H groups in total. The SMILES string of the molecule is Fc1ccn(-c2ccccc2)c1-c1cc2ccccc2o1. The van der Waals surface area contributed by atoms with Crippen LogP contribution >= 0.6 is 0 Å². The van der Waals surface area contributed by atoms with Gasteiger partial charge in [0.2, 0.25) is 0 Å². The van der Waals surface area contributed by atoms with Crippen LogP contribution in [0.5, 0.6) is 0 Å². The number of furan rings is 1. The average molecular weight is 277 g/mol. The Balaban J connectivity index is 1.94. The standard InChI is InChI=1S/C18H12FNO/c19-15-10-11-20(14-7-2-1-3-8-14)18(15)17-12-13-6-4-5-9-16(13)21-17/h1-12H. The predicted molar refractivity (Wildman–Crippen MR) is 80.9 cm³/mol. The molecule has 2 aromatic heterocycles. The number of rotatable bonds is 2. The summed E-state index contributed by atoms with van der Waals surface area (Å²) in [7, 11) is 0. The summed E-state index contributed by atoms with van der Waals surface area (Å²) in [6.45, 7) is 0. The van der Waals surface area contributed by atoms with Crippen molar-refractivity contribution in [1.82, 2.24) is 4.57 Å². The fourth-order valence-electron chi connectivity index (χ4n) is 2.55. The monoisotopic (exact) mass is 277 g/mol. The minimum atomic E-state index is -0.294. The van der Waals surface area contributed by atoms with Crippen LogP contribution < -0.4 is 0 Å². The van der Waals surface area contributed by atoms with Gasteiger partial charge in [0, 0.05) is 17.3 Å². The third-order valence-electron chi connectivity index (χ3n) is 3.53. The summed E-state index contributed by atoms with van der Waals surface area (Å²) in [5, 5.41) is 0.965. The molecule has 4 rings (SSSR count). The molecule has 0 amide bonds. The van der Waals surface area contributed by atoms with Crippen LogP contribution in [0.15, 0.2) is 77.3 Å². The van der Waals surface area contributed by atoms with E-state index in [4.69, 9.17) is 4.42 Å². The van der Waals surface area contributed by atoms with Crippen molar-refractivity contribution in [2.75, 3.05) is 0 Å². The molecule has 21 heavy (non-hydrogen) atoms. The number of halogens is 1. The van der Waals surface area contributed by atoms with Crippen LogP contribution in [0, 0.1) is 5.82 Å². The maximum Gasteiger partial charge on any atom is 0.155 e. The van der Waals surface area contributed by atoms with Crippen molar-refractivity contribution >= 4 is 11.0 Å². The molecule has 0 bridgehead atoms. The normalized spacial score (nSPS) is 11.1. The average Bonchev–Trinajstić information content (AvgIpc) is 3.11. The quantitative estimate of drug-likeness (QED) is 0.502. The van der Waals surface area contributed by atoms with Crippen molar-refractivity contribution in [3.8, 4) is 17.1 Å². The predicted octanol–water partition coefficient (Wildman–Crippen LogP) is 5.03. The summed E-state index contributed by atoms with van der Waals surface area (Å²) >= 11 is 0. The fraction of sp³-hybridized carbons (Fsp3) is 0. The van der Waals surface area contributed by atoms with E-state index in [1.165, 1.54) is 6.07 Å².